The van der Waals surface area contributed by atoms with Gasteiger partial charge in [-0.3, -0.25) is 9.59 Å². The lowest BCUT2D eigenvalue weighted by molar-refractivity contribution is -0.143. The second-order valence-electron chi connectivity index (χ2n) is 8.61. The molecule has 180 valence electrons. The Morgan fingerprint density at radius 3 is 2.42 bits per heavy atom. The Morgan fingerprint density at radius 1 is 1.06 bits per heavy atom. The molecule has 0 aliphatic rings. The Hall–Kier alpha value is -3.02. The fourth-order valence-corrected chi connectivity index (χ4v) is 3.70. The van der Waals surface area contributed by atoms with Gasteiger partial charge in [-0.2, -0.15) is 0 Å². The van der Waals surface area contributed by atoms with Gasteiger partial charge in [0.1, 0.15) is 17.5 Å². The zero-order chi connectivity index (χ0) is 24.5. The van der Waals surface area contributed by atoms with Crippen molar-refractivity contribution in [2.45, 2.75) is 73.0 Å². The zero-order valence-electron chi connectivity index (χ0n) is 21.0. The van der Waals surface area contributed by atoms with E-state index in [9.17, 15) is 9.59 Å². The van der Waals surface area contributed by atoms with Crippen molar-refractivity contribution in [1.82, 2.24) is 10.2 Å². The predicted molar refractivity (Wildman–Crippen MR) is 132 cm³/mol. The molecule has 33 heavy (non-hydrogen) atoms. The van der Waals surface area contributed by atoms with Gasteiger partial charge >= 0.3 is 0 Å². The predicted octanol–water partition coefficient (Wildman–Crippen LogP) is 4.72. The van der Waals surface area contributed by atoms with Crippen LogP contribution in [0.25, 0.3) is 0 Å². The van der Waals surface area contributed by atoms with Crippen molar-refractivity contribution in [3.63, 3.8) is 0 Å². The molecule has 2 rings (SSSR count). The number of carbonyl (C=O) groups excluding carboxylic acids is 2. The highest BCUT2D eigenvalue weighted by atomic mass is 16.5. The molecule has 2 aromatic carbocycles. The maximum Gasteiger partial charge on any atom is 0.261 e. The van der Waals surface area contributed by atoms with Crippen LogP contribution in [0.2, 0.25) is 0 Å². The molecule has 6 nitrogen and oxygen atoms in total. The summed E-state index contributed by atoms with van der Waals surface area (Å²) in [6.45, 7) is 12.1. The fraction of sp³-hybridized carbons (Fsp3) is 0.481. The summed E-state index contributed by atoms with van der Waals surface area (Å²) >= 11 is 0. The maximum atomic E-state index is 13.4. The van der Waals surface area contributed by atoms with E-state index in [-0.39, 0.29) is 31.0 Å². The van der Waals surface area contributed by atoms with Crippen LogP contribution >= 0.6 is 0 Å². The Kier molecular flexibility index (Phi) is 9.76. The fourth-order valence-electron chi connectivity index (χ4n) is 3.70. The first kappa shape index (κ1) is 26.2. The van der Waals surface area contributed by atoms with E-state index in [4.69, 9.17) is 9.47 Å². The summed E-state index contributed by atoms with van der Waals surface area (Å²) in [5.74, 6) is 1.02. The van der Waals surface area contributed by atoms with E-state index in [2.05, 4.69) is 11.4 Å². The van der Waals surface area contributed by atoms with Crippen LogP contribution in [-0.4, -0.2) is 42.5 Å². The maximum absolute atomic E-state index is 13.4. The minimum atomic E-state index is -0.596. The average molecular weight is 455 g/mol. The van der Waals surface area contributed by atoms with Crippen LogP contribution in [0.15, 0.2) is 36.4 Å². The van der Waals surface area contributed by atoms with Crippen LogP contribution in [0.1, 0.15) is 55.9 Å². The third-order valence-electron chi connectivity index (χ3n) is 5.99. The van der Waals surface area contributed by atoms with E-state index in [0.717, 1.165) is 28.7 Å². The van der Waals surface area contributed by atoms with E-state index in [1.165, 1.54) is 0 Å². The lowest BCUT2D eigenvalue weighted by atomic mass is 10.1. The molecule has 0 saturated heterocycles. The van der Waals surface area contributed by atoms with Crippen LogP contribution in [0.5, 0.6) is 11.5 Å². The molecule has 0 aliphatic carbocycles. The van der Waals surface area contributed by atoms with Gasteiger partial charge in [0, 0.05) is 12.6 Å². The summed E-state index contributed by atoms with van der Waals surface area (Å²) < 4.78 is 11.3. The number of hydrogen-bond donors (Lipinski definition) is 1. The Morgan fingerprint density at radius 2 is 1.79 bits per heavy atom. The number of amides is 2. The summed E-state index contributed by atoms with van der Waals surface area (Å²) in [6.07, 6.45) is 1.32. The van der Waals surface area contributed by atoms with Gasteiger partial charge in [-0.25, -0.2) is 0 Å². The van der Waals surface area contributed by atoms with Gasteiger partial charge in [0.15, 0.2) is 6.61 Å². The third-order valence-corrected chi connectivity index (χ3v) is 5.99. The molecule has 1 N–H and O–H groups in total. The topological polar surface area (TPSA) is 67.9 Å². The number of aryl methyl sites for hydroxylation is 2. The first-order valence-electron chi connectivity index (χ1n) is 11.6. The third kappa shape index (κ3) is 7.24. The number of hydrogen-bond acceptors (Lipinski definition) is 4. The molecule has 0 bridgehead atoms. The van der Waals surface area contributed by atoms with Gasteiger partial charge < -0.3 is 19.7 Å². The van der Waals surface area contributed by atoms with E-state index < -0.39 is 6.04 Å². The number of nitrogens with one attached hydrogen (secondary N) is 1. The molecular weight excluding hydrogens is 416 g/mol. The minimum absolute atomic E-state index is 0.0366. The van der Waals surface area contributed by atoms with Gasteiger partial charge in [-0.1, -0.05) is 32.0 Å². The quantitative estimate of drug-likeness (QED) is 0.533. The molecule has 0 spiro atoms. The number of nitrogens with zero attached hydrogens (tertiary/aromatic N) is 1. The molecule has 2 aromatic rings. The van der Waals surface area contributed by atoms with Crippen molar-refractivity contribution in [3.05, 3.63) is 58.7 Å². The number of ether oxygens (including phenoxy) is 2. The van der Waals surface area contributed by atoms with Crippen LogP contribution in [0.3, 0.4) is 0 Å². The first-order valence-corrected chi connectivity index (χ1v) is 11.6. The molecule has 0 aliphatic heterocycles. The highest BCUT2D eigenvalue weighted by molar-refractivity contribution is 5.88. The van der Waals surface area contributed by atoms with Crippen molar-refractivity contribution in [2.24, 2.45) is 0 Å². The number of benzene rings is 2. The highest BCUT2D eigenvalue weighted by Gasteiger charge is 2.29. The van der Waals surface area contributed by atoms with Gasteiger partial charge in [0.05, 0.1) is 7.11 Å². The summed E-state index contributed by atoms with van der Waals surface area (Å²) in [5.41, 5.74) is 4.09. The van der Waals surface area contributed by atoms with Crippen LogP contribution < -0.4 is 14.8 Å². The minimum Gasteiger partial charge on any atom is -0.497 e. The van der Waals surface area contributed by atoms with E-state index in [0.29, 0.717) is 17.9 Å². The van der Waals surface area contributed by atoms with Gasteiger partial charge in [-0.05, 0) is 81.0 Å². The Bertz CT molecular complexity index is 957. The van der Waals surface area contributed by atoms with Gasteiger partial charge in [0.2, 0.25) is 5.91 Å². The van der Waals surface area contributed by atoms with Crippen LogP contribution in [0.4, 0.5) is 0 Å². The van der Waals surface area contributed by atoms with Gasteiger partial charge in [-0.15, -0.1) is 0 Å². The zero-order valence-corrected chi connectivity index (χ0v) is 21.0. The number of rotatable bonds is 11. The first-order chi connectivity index (χ1) is 15.7. The largest absolute Gasteiger partial charge is 0.497 e. The molecule has 2 amide bonds. The van der Waals surface area contributed by atoms with E-state index >= 15 is 0 Å². The van der Waals surface area contributed by atoms with Crippen LogP contribution in [0, 0.1) is 20.8 Å². The van der Waals surface area contributed by atoms with Crippen molar-refractivity contribution < 1.29 is 19.1 Å². The van der Waals surface area contributed by atoms with Crippen LogP contribution in [-0.2, 0) is 16.1 Å². The molecule has 0 aromatic heterocycles. The van der Waals surface area contributed by atoms with E-state index in [1.807, 2.05) is 71.9 Å². The normalized spacial score (nSPS) is 12.6. The summed E-state index contributed by atoms with van der Waals surface area (Å²) in [4.78, 5) is 28.1. The van der Waals surface area contributed by atoms with Crippen molar-refractivity contribution in [1.29, 1.82) is 0 Å². The van der Waals surface area contributed by atoms with Crippen molar-refractivity contribution in [3.8, 4) is 11.5 Å². The molecule has 0 fully saturated rings. The molecule has 0 radical (unpaired) electrons. The molecule has 2 atom stereocenters. The Balaban J connectivity index is 2.29. The SMILES string of the molecule is CCC(C)NC(=O)C(CC)N(Cc1cccc(OC)c1)C(=O)COc1cc(C)cc(C)c1C. The molecular formula is C27H38N2O4. The molecule has 2 unspecified atom stereocenters. The second-order valence-corrected chi connectivity index (χ2v) is 8.61. The average Bonchev–Trinajstić information content (AvgIpc) is 2.79. The van der Waals surface area contributed by atoms with Crippen molar-refractivity contribution in [2.75, 3.05) is 13.7 Å². The highest BCUT2D eigenvalue weighted by Crippen LogP contribution is 2.24. The second kappa shape index (κ2) is 12.3. The van der Waals surface area contributed by atoms with E-state index in [1.54, 1.807) is 12.0 Å². The standard InChI is InChI=1S/C27H38N2O4/c1-8-20(5)28-27(31)24(9-2)29(16-22-11-10-12-23(15-22)32-7)26(30)17-33-25-14-18(3)13-19(4)21(25)6/h10-15,20,24H,8-9,16-17H2,1-7H3,(H,28,31). The lowest BCUT2D eigenvalue weighted by Gasteiger charge is -2.31. The number of methoxy groups -OCH3 is 1. The molecule has 0 heterocycles. The van der Waals surface area contributed by atoms with Gasteiger partial charge in [0.25, 0.3) is 5.91 Å². The summed E-state index contributed by atoms with van der Waals surface area (Å²) in [7, 11) is 1.61. The molecule has 6 heteroatoms. The van der Waals surface area contributed by atoms with Crippen molar-refractivity contribution >= 4 is 11.8 Å². The lowest BCUT2D eigenvalue weighted by Crippen LogP contribution is -2.51. The Labute approximate surface area is 198 Å². The summed E-state index contributed by atoms with van der Waals surface area (Å²) in [6, 6.07) is 11.0. The number of carbonyl (C=O) groups is 2. The monoisotopic (exact) mass is 454 g/mol. The summed E-state index contributed by atoms with van der Waals surface area (Å²) in [5, 5.41) is 3.02. The molecule has 0 saturated carbocycles. The smallest absolute Gasteiger partial charge is 0.261 e.